The number of amides is 1. The number of fused-ring (bicyclic) bond motifs is 4. The number of imidazole rings is 2. The van der Waals surface area contributed by atoms with E-state index in [1.807, 2.05) is 6.07 Å². The Morgan fingerprint density at radius 1 is 0.914 bits per heavy atom. The summed E-state index contributed by atoms with van der Waals surface area (Å²) in [6.07, 6.45) is -6.22. The molecule has 0 spiro atoms. The zero-order valence-electron chi connectivity index (χ0n) is 29.7. The predicted molar refractivity (Wildman–Crippen MR) is 190 cm³/mol. The summed E-state index contributed by atoms with van der Waals surface area (Å²) in [5.74, 6) is -0.341. The lowest BCUT2D eigenvalue weighted by molar-refractivity contribution is -0.0699. The quantitative estimate of drug-likeness (QED) is 0.159. The summed E-state index contributed by atoms with van der Waals surface area (Å²) in [5, 5.41) is 21.1. The number of benzene rings is 1. The molecule has 4 aromatic heterocycles. The third kappa shape index (κ3) is 7.90. The molecule has 3 aliphatic rings. The maximum Gasteiger partial charge on any atom is 0.476 e. The zero-order chi connectivity index (χ0) is 40.4. The second kappa shape index (κ2) is 16.5. The first kappa shape index (κ1) is 39.5. The van der Waals surface area contributed by atoms with Crippen LogP contribution in [0, 0.1) is 22.7 Å². The average Bonchev–Trinajstić information content (AvgIpc) is 4.01. The second-order valence-electron chi connectivity index (χ2n) is 12.7. The molecule has 1 amide bonds. The van der Waals surface area contributed by atoms with Gasteiger partial charge in [-0.05, 0) is 12.1 Å². The molecule has 0 bridgehead atoms. The summed E-state index contributed by atoms with van der Waals surface area (Å²) in [4.78, 5) is 48.5. The molecule has 5 aromatic rings. The Morgan fingerprint density at radius 2 is 1.66 bits per heavy atom. The van der Waals surface area contributed by atoms with Crippen LogP contribution in [0.1, 0.15) is 35.7 Å². The van der Waals surface area contributed by atoms with Crippen LogP contribution in [0.5, 0.6) is 0 Å². The van der Waals surface area contributed by atoms with Crippen LogP contribution in [-0.4, -0.2) is 102 Å². The van der Waals surface area contributed by atoms with Gasteiger partial charge in [-0.15, -0.1) is 0 Å². The fraction of sp³-hybridized carbons (Fsp3) is 0.406. The summed E-state index contributed by atoms with van der Waals surface area (Å²) in [5.41, 5.74) is -0.00712. The summed E-state index contributed by atoms with van der Waals surface area (Å²) < 4.78 is 93.4. The van der Waals surface area contributed by atoms with Crippen LogP contribution in [0.4, 0.5) is 10.2 Å². The van der Waals surface area contributed by atoms with Crippen LogP contribution in [0.25, 0.3) is 22.3 Å². The number of hydrogen-bond donors (Lipinski definition) is 2. The van der Waals surface area contributed by atoms with Crippen molar-refractivity contribution in [2.45, 2.75) is 55.9 Å². The van der Waals surface area contributed by atoms with Crippen molar-refractivity contribution in [3.8, 4) is 12.1 Å². The lowest BCUT2D eigenvalue weighted by atomic mass is 10.1. The lowest BCUT2D eigenvalue weighted by Gasteiger charge is -2.29. The van der Waals surface area contributed by atoms with Gasteiger partial charge in [0.1, 0.15) is 43.6 Å². The number of aromatic nitrogens is 8. The topological polar surface area (TPSA) is 292 Å². The molecule has 0 radical (unpaired) electrons. The molecule has 3 aliphatic heterocycles. The average molecular weight is 842 g/mol. The second-order valence-corrected chi connectivity index (χ2v) is 15.9. The number of nitrogens with one attached hydrogen (secondary N) is 2. The van der Waals surface area contributed by atoms with Crippen molar-refractivity contribution in [2.24, 2.45) is 0 Å². The number of phosphoric acid groups is 2. The smallest absolute Gasteiger partial charge is 0.349 e. The third-order valence-corrected chi connectivity index (χ3v) is 12.0. The molecule has 1 aromatic carbocycles. The molecule has 6 unspecified atom stereocenters. The highest BCUT2D eigenvalue weighted by Crippen LogP contribution is 2.58. The maximum atomic E-state index is 16.5. The number of aromatic amines is 1. The summed E-state index contributed by atoms with van der Waals surface area (Å²) in [6.45, 7) is -2.64. The number of ether oxygens (including phenoxy) is 2. The Labute approximate surface area is 325 Å². The molecule has 8 rings (SSSR count). The number of phosphoric ester groups is 2. The predicted octanol–water partition coefficient (Wildman–Crippen LogP) is 3.24. The van der Waals surface area contributed by atoms with Crippen LogP contribution >= 0.6 is 15.6 Å². The SMILES string of the molecule is N#CCCOP1(=O)OCC2OC(n3cnc4c(=O)[nH]cnc43)[C@H](F)[C@@H]2OP(=O)(OCC#N)OCC2OC(n3cnc4c(NC(=O)c5ccccc5)ncnc43)C[C@@H]2O1. The van der Waals surface area contributed by atoms with Crippen LogP contribution in [-0.2, 0) is 45.7 Å². The van der Waals surface area contributed by atoms with Crippen molar-refractivity contribution in [1.29, 1.82) is 10.5 Å². The minimum absolute atomic E-state index is 0.0616. The van der Waals surface area contributed by atoms with Gasteiger partial charge in [0.05, 0.1) is 57.4 Å². The zero-order valence-corrected chi connectivity index (χ0v) is 31.5. The van der Waals surface area contributed by atoms with E-state index in [9.17, 15) is 24.0 Å². The fourth-order valence-corrected chi connectivity index (χ4v) is 9.12. The number of nitriles is 2. The molecule has 23 nitrogen and oxygen atoms in total. The largest absolute Gasteiger partial charge is 0.476 e. The van der Waals surface area contributed by atoms with Crippen molar-refractivity contribution in [1.82, 2.24) is 39.0 Å². The van der Waals surface area contributed by atoms with E-state index in [-0.39, 0.29) is 41.0 Å². The van der Waals surface area contributed by atoms with Crippen molar-refractivity contribution in [3.63, 3.8) is 0 Å². The third-order valence-electron chi connectivity index (χ3n) is 9.08. The molecule has 3 saturated heterocycles. The van der Waals surface area contributed by atoms with Crippen LogP contribution in [0.3, 0.4) is 0 Å². The van der Waals surface area contributed by atoms with Gasteiger partial charge in [0.2, 0.25) is 0 Å². The number of carbonyl (C=O) groups is 1. The Bertz CT molecular complexity index is 2560. The van der Waals surface area contributed by atoms with Gasteiger partial charge in [0.25, 0.3) is 11.5 Å². The first-order valence-corrected chi connectivity index (χ1v) is 20.3. The molecule has 58 heavy (non-hydrogen) atoms. The highest BCUT2D eigenvalue weighted by atomic mass is 31.2. The minimum atomic E-state index is -4.86. The number of carbonyl (C=O) groups excluding carboxylic acids is 1. The van der Waals surface area contributed by atoms with Crippen LogP contribution < -0.4 is 10.9 Å². The first-order chi connectivity index (χ1) is 28.1. The van der Waals surface area contributed by atoms with Gasteiger partial charge in [-0.2, -0.15) is 10.5 Å². The van der Waals surface area contributed by atoms with Gasteiger partial charge in [-0.25, -0.2) is 38.4 Å². The number of halogens is 1. The van der Waals surface area contributed by atoms with E-state index in [1.54, 1.807) is 36.4 Å². The summed E-state index contributed by atoms with van der Waals surface area (Å²) in [6, 6.07) is 12.0. The molecule has 0 aliphatic carbocycles. The summed E-state index contributed by atoms with van der Waals surface area (Å²) in [7, 11) is -9.54. The first-order valence-electron chi connectivity index (χ1n) is 17.4. The number of nitrogens with zero attached hydrogens (tertiary/aromatic N) is 9. The summed E-state index contributed by atoms with van der Waals surface area (Å²) >= 11 is 0. The Kier molecular flexibility index (Phi) is 11.2. The van der Waals surface area contributed by atoms with E-state index >= 15 is 4.39 Å². The maximum absolute atomic E-state index is 16.5. The van der Waals surface area contributed by atoms with Gasteiger partial charge < -0.3 is 19.8 Å². The van der Waals surface area contributed by atoms with Crippen LogP contribution in [0.15, 0.2) is 60.4 Å². The number of anilines is 1. The molecule has 7 heterocycles. The molecule has 2 N–H and O–H groups in total. The minimum Gasteiger partial charge on any atom is -0.349 e. The molecular formula is C32H30FN11O12P2. The number of rotatable bonds is 9. The lowest BCUT2D eigenvalue weighted by Crippen LogP contribution is -2.36. The van der Waals surface area contributed by atoms with Gasteiger partial charge in [0.15, 0.2) is 40.5 Å². The van der Waals surface area contributed by atoms with Gasteiger partial charge in [0, 0.05) is 12.0 Å². The Balaban J connectivity index is 1.09. The standard InChI is InChI=1S/C32H30FN11O12P2/c33-23-26-21(54-32(23)44-17-41-25-29(44)38-15-39-31(25)46)13-52-57(47,49-9-4-7-34)55-19-11-22(53-20(19)12-51-58(48,56-26)50-10-8-35)43-16-40-24-27(36-14-37-28(24)43)42-30(45)18-5-2-1-3-6-18/h1-3,5-6,14-17,19-23,26,32H,4,9-13H2,(H,38,39,46)(H,36,37,42,45)/t19-,20?,21?,22?,23+,26+,32?,57?,58?/m0/s1. The van der Waals surface area contributed by atoms with E-state index in [4.69, 9.17) is 41.9 Å². The number of alkyl halides is 1. The Hall–Kier alpha value is -5.36. The molecular weight excluding hydrogens is 811 g/mol. The number of hydrogen-bond acceptors (Lipinski definition) is 19. The number of H-pyrrole nitrogens is 1. The molecule has 302 valence electrons. The highest BCUT2D eigenvalue weighted by Gasteiger charge is 2.54. The normalized spacial score (nSPS) is 30.1. The van der Waals surface area contributed by atoms with Crippen molar-refractivity contribution in [2.75, 3.05) is 31.7 Å². The molecule has 3 fully saturated rings. The molecule has 9 atom stereocenters. The Morgan fingerprint density at radius 3 is 2.45 bits per heavy atom. The fourth-order valence-electron chi connectivity index (χ4n) is 6.43. The van der Waals surface area contributed by atoms with Crippen molar-refractivity contribution >= 4 is 49.7 Å². The molecule has 26 heteroatoms. The van der Waals surface area contributed by atoms with Gasteiger partial charge in [-0.1, -0.05) is 18.2 Å². The van der Waals surface area contributed by atoms with Crippen LogP contribution in [0.2, 0.25) is 0 Å². The highest BCUT2D eigenvalue weighted by molar-refractivity contribution is 7.48. The van der Waals surface area contributed by atoms with Crippen molar-refractivity contribution < 1.29 is 54.9 Å². The molecule has 0 saturated carbocycles. The van der Waals surface area contributed by atoms with Gasteiger partial charge >= 0.3 is 15.6 Å². The van der Waals surface area contributed by atoms with E-state index in [0.29, 0.717) is 5.56 Å². The van der Waals surface area contributed by atoms with Crippen molar-refractivity contribution in [3.05, 3.63) is 71.6 Å². The van der Waals surface area contributed by atoms with E-state index in [0.717, 1.165) is 17.2 Å². The monoisotopic (exact) mass is 841 g/mol. The van der Waals surface area contributed by atoms with E-state index in [1.165, 1.54) is 17.2 Å². The van der Waals surface area contributed by atoms with E-state index < -0.39 is 96.6 Å². The van der Waals surface area contributed by atoms with E-state index in [2.05, 4.69) is 35.2 Å². The van der Waals surface area contributed by atoms with Gasteiger partial charge in [-0.3, -0.25) is 45.9 Å².